The van der Waals surface area contributed by atoms with E-state index in [9.17, 15) is 24.9 Å². The van der Waals surface area contributed by atoms with Crippen LogP contribution in [0.15, 0.2) is 42.6 Å². The fraction of sp³-hybridized carbons (Fsp3) is 0.375. The molecule has 24 heavy (non-hydrogen) atoms. The number of quaternary nitrogens is 1. The summed E-state index contributed by atoms with van der Waals surface area (Å²) in [5.41, 5.74) is 0.782. The minimum atomic E-state index is -1.39. The second-order valence-electron chi connectivity index (χ2n) is 5.91. The summed E-state index contributed by atoms with van der Waals surface area (Å²) in [5.74, 6) is -0.562. The Balaban J connectivity index is 2.01. The normalized spacial score (nSPS) is 36.0. The van der Waals surface area contributed by atoms with Gasteiger partial charge in [-0.3, -0.25) is 4.79 Å². The lowest BCUT2D eigenvalue weighted by Crippen LogP contribution is -2.64. The molecule has 0 radical (unpaired) electrons. The first kappa shape index (κ1) is 16.7. The molecule has 0 aromatic heterocycles. The van der Waals surface area contributed by atoms with E-state index < -0.39 is 47.6 Å². The van der Waals surface area contributed by atoms with E-state index in [2.05, 4.69) is 5.32 Å². The van der Waals surface area contributed by atoms with Gasteiger partial charge in [-0.2, -0.15) is 4.48 Å². The minimum absolute atomic E-state index is 0.114. The minimum Gasteiger partial charge on any atom is -0.394 e. The van der Waals surface area contributed by atoms with Gasteiger partial charge in [-0.15, -0.1) is 0 Å². The van der Waals surface area contributed by atoms with Crippen molar-refractivity contribution in [3.63, 3.8) is 0 Å². The number of carbonyl (C=O) groups excluding carboxylic acids is 2. The topological polar surface area (TPSA) is 116 Å². The number of imide groups is 1. The van der Waals surface area contributed by atoms with Crippen LogP contribution in [-0.2, 0) is 16.1 Å². The molecule has 4 N–H and O–H groups in total. The zero-order valence-corrected chi connectivity index (χ0v) is 12.8. The second kappa shape index (κ2) is 6.42. The smallest absolute Gasteiger partial charge is 0.394 e. The first-order valence-electron chi connectivity index (χ1n) is 7.56. The Morgan fingerprint density at radius 3 is 2.42 bits per heavy atom. The van der Waals surface area contributed by atoms with Crippen molar-refractivity contribution in [3.05, 3.63) is 48.2 Å². The Morgan fingerprint density at radius 2 is 1.83 bits per heavy atom. The Kier molecular flexibility index (Phi) is 4.48. The third kappa shape index (κ3) is 2.74. The van der Waals surface area contributed by atoms with E-state index in [1.807, 2.05) is 6.07 Å². The van der Waals surface area contributed by atoms with Gasteiger partial charge in [0.1, 0.15) is 25.0 Å². The number of urea groups is 1. The monoisotopic (exact) mass is 335 g/mol. The first-order chi connectivity index (χ1) is 11.5. The van der Waals surface area contributed by atoms with Crippen LogP contribution in [0.25, 0.3) is 0 Å². The lowest BCUT2D eigenvalue weighted by Gasteiger charge is -2.38. The molecule has 8 heteroatoms. The number of nitrogens with zero attached hydrogens (tertiary/aromatic N) is 1. The SMILES string of the molecule is O=C1C=C[N+](Cc2ccccc2)([C@@H]2O[C@H](CO)[C@@H](O)[C@H]2O)C(=O)N1. The number of carbonyl (C=O) groups is 2. The number of benzene rings is 1. The summed E-state index contributed by atoms with van der Waals surface area (Å²) in [4.78, 5) is 24.1. The maximum Gasteiger partial charge on any atom is 0.430 e. The molecule has 8 nitrogen and oxygen atoms in total. The van der Waals surface area contributed by atoms with Crippen molar-refractivity contribution in [1.29, 1.82) is 0 Å². The lowest BCUT2D eigenvalue weighted by molar-refractivity contribution is -0.868. The fourth-order valence-electron chi connectivity index (χ4n) is 3.08. The third-order valence-corrected chi connectivity index (χ3v) is 4.36. The van der Waals surface area contributed by atoms with Gasteiger partial charge in [0, 0.05) is 5.56 Å². The largest absolute Gasteiger partial charge is 0.430 e. The third-order valence-electron chi connectivity index (χ3n) is 4.36. The van der Waals surface area contributed by atoms with Gasteiger partial charge in [-0.1, -0.05) is 30.3 Å². The molecule has 1 saturated heterocycles. The molecule has 0 spiro atoms. The second-order valence-corrected chi connectivity index (χ2v) is 5.91. The van der Waals surface area contributed by atoms with Crippen LogP contribution >= 0.6 is 0 Å². The van der Waals surface area contributed by atoms with Gasteiger partial charge in [-0.05, 0) is 0 Å². The molecule has 0 saturated carbocycles. The van der Waals surface area contributed by atoms with Crippen molar-refractivity contribution in [2.75, 3.05) is 6.61 Å². The van der Waals surface area contributed by atoms with E-state index in [1.54, 1.807) is 24.3 Å². The molecule has 1 fully saturated rings. The van der Waals surface area contributed by atoms with Crippen LogP contribution in [0.3, 0.4) is 0 Å². The van der Waals surface area contributed by atoms with Crippen LogP contribution in [0.1, 0.15) is 5.56 Å². The molecule has 1 aromatic rings. The standard InChI is InChI=1S/C16H18N2O6/c19-9-11-13(21)14(22)15(24-11)18(7-6-12(20)17-16(18)23)8-10-4-2-1-3-5-10/h1-7,11,13-15,19,21-22H,8-9H2/p+1/t11-,13-,14-,15-,18?/m1/s1. The zero-order valence-electron chi connectivity index (χ0n) is 12.8. The molecule has 2 heterocycles. The van der Waals surface area contributed by atoms with Gasteiger partial charge in [0.2, 0.25) is 6.23 Å². The van der Waals surface area contributed by atoms with Gasteiger partial charge in [0.15, 0.2) is 6.10 Å². The maximum absolute atomic E-state index is 12.6. The summed E-state index contributed by atoms with van der Waals surface area (Å²) < 4.78 is 5.02. The fourth-order valence-corrected chi connectivity index (χ4v) is 3.08. The van der Waals surface area contributed by atoms with E-state index in [0.29, 0.717) is 0 Å². The summed E-state index contributed by atoms with van der Waals surface area (Å²) in [6.07, 6.45) is -2.33. The molecule has 1 aromatic carbocycles. The maximum atomic E-state index is 12.6. The van der Waals surface area contributed by atoms with E-state index >= 15 is 0 Å². The van der Waals surface area contributed by atoms with E-state index in [1.165, 1.54) is 12.3 Å². The van der Waals surface area contributed by atoms with Crippen LogP contribution in [-0.4, -0.2) is 62.9 Å². The molecular weight excluding hydrogens is 316 g/mol. The van der Waals surface area contributed by atoms with Gasteiger partial charge < -0.3 is 20.1 Å². The quantitative estimate of drug-likeness (QED) is 0.536. The van der Waals surface area contributed by atoms with Gasteiger partial charge in [-0.25, -0.2) is 10.1 Å². The Morgan fingerprint density at radius 1 is 1.12 bits per heavy atom. The summed E-state index contributed by atoms with van der Waals surface area (Å²) in [6.45, 7) is -0.382. The van der Waals surface area contributed by atoms with Crippen LogP contribution in [0.5, 0.6) is 0 Å². The number of aliphatic hydroxyl groups is 3. The molecule has 2 aliphatic heterocycles. The number of rotatable bonds is 4. The number of hydrogen-bond acceptors (Lipinski definition) is 6. The highest BCUT2D eigenvalue weighted by Gasteiger charge is 2.57. The van der Waals surface area contributed by atoms with Crippen LogP contribution in [0, 0.1) is 0 Å². The molecule has 0 aliphatic carbocycles. The molecule has 0 bridgehead atoms. The highest BCUT2D eigenvalue weighted by molar-refractivity contribution is 6.00. The number of amides is 3. The predicted octanol–water partition coefficient (Wildman–Crippen LogP) is -0.794. The summed E-state index contributed by atoms with van der Waals surface area (Å²) in [6, 6.07) is 8.38. The highest BCUT2D eigenvalue weighted by atomic mass is 16.6. The van der Waals surface area contributed by atoms with Gasteiger partial charge >= 0.3 is 6.03 Å². The van der Waals surface area contributed by atoms with E-state index in [0.717, 1.165) is 5.56 Å². The van der Waals surface area contributed by atoms with Crippen molar-refractivity contribution in [2.45, 2.75) is 31.1 Å². The molecule has 3 amide bonds. The first-order valence-corrected chi connectivity index (χ1v) is 7.56. The van der Waals surface area contributed by atoms with Crippen molar-refractivity contribution < 1.29 is 34.1 Å². The average molecular weight is 335 g/mol. The molecular formula is C16H19N2O6+. The Hall–Kier alpha value is -2.10. The average Bonchev–Trinajstić information content (AvgIpc) is 2.87. The predicted molar refractivity (Wildman–Crippen MR) is 80.8 cm³/mol. The van der Waals surface area contributed by atoms with E-state index in [4.69, 9.17) is 4.74 Å². The molecule has 128 valence electrons. The van der Waals surface area contributed by atoms with Crippen molar-refractivity contribution in [2.24, 2.45) is 0 Å². The van der Waals surface area contributed by atoms with Gasteiger partial charge in [0.05, 0.1) is 12.7 Å². The molecule has 1 unspecified atom stereocenters. The summed E-state index contributed by atoms with van der Waals surface area (Å²) >= 11 is 0. The summed E-state index contributed by atoms with van der Waals surface area (Å²) in [7, 11) is 0. The number of hydrogen-bond donors (Lipinski definition) is 4. The molecule has 3 rings (SSSR count). The van der Waals surface area contributed by atoms with E-state index in [-0.39, 0.29) is 6.54 Å². The Labute approximate surface area is 138 Å². The molecule has 2 aliphatic rings. The highest BCUT2D eigenvalue weighted by Crippen LogP contribution is 2.33. The number of nitrogens with one attached hydrogen (secondary N) is 1. The van der Waals surface area contributed by atoms with Crippen molar-refractivity contribution >= 4 is 11.9 Å². The van der Waals surface area contributed by atoms with Crippen molar-refractivity contribution in [3.8, 4) is 0 Å². The molecule has 5 atom stereocenters. The van der Waals surface area contributed by atoms with Crippen LogP contribution in [0.2, 0.25) is 0 Å². The lowest BCUT2D eigenvalue weighted by atomic mass is 10.1. The number of aliphatic hydroxyl groups excluding tert-OH is 3. The van der Waals surface area contributed by atoms with Crippen LogP contribution < -0.4 is 5.32 Å². The number of ether oxygens (including phenoxy) is 1. The summed E-state index contributed by atoms with van der Waals surface area (Å²) in [5, 5.41) is 31.8. The Bertz CT molecular complexity index is 664. The van der Waals surface area contributed by atoms with Crippen molar-refractivity contribution in [1.82, 2.24) is 5.32 Å². The van der Waals surface area contributed by atoms with Crippen LogP contribution in [0.4, 0.5) is 4.79 Å². The van der Waals surface area contributed by atoms with Gasteiger partial charge in [0.25, 0.3) is 5.91 Å². The zero-order chi connectivity index (χ0) is 17.3.